The number of halogens is 1. The van der Waals surface area contributed by atoms with Crippen LogP contribution in [-0.2, 0) is 0 Å². The van der Waals surface area contributed by atoms with Gasteiger partial charge in [0, 0.05) is 0 Å². The second-order valence-electron chi connectivity index (χ2n) is 1.91. The summed E-state index contributed by atoms with van der Waals surface area (Å²) in [7, 11) is 1.65. The lowest BCUT2D eigenvalue weighted by Gasteiger charge is -1.96. The summed E-state index contributed by atoms with van der Waals surface area (Å²) < 4.78 is 12.3. The Labute approximate surface area is 53.5 Å². The van der Waals surface area contributed by atoms with E-state index in [2.05, 4.69) is 0 Å². The van der Waals surface area contributed by atoms with Crippen molar-refractivity contribution in [3.63, 3.8) is 0 Å². The zero-order valence-electron chi connectivity index (χ0n) is 5.06. The molecule has 1 aromatic carbocycles. The van der Waals surface area contributed by atoms with E-state index in [-0.39, 0.29) is 5.75 Å². The molecule has 3 heteroatoms. The fourth-order valence-electron chi connectivity index (χ4n) is 0.623. The molecular formula is C6H6BFO. The van der Waals surface area contributed by atoms with Crippen LogP contribution in [-0.4, -0.2) is 13.0 Å². The summed E-state index contributed by atoms with van der Waals surface area (Å²) in [5, 5.41) is 8.83. The van der Waals surface area contributed by atoms with E-state index in [1.165, 1.54) is 6.07 Å². The number of aromatic hydroxyl groups is 1. The Hall–Kier alpha value is -0.985. The molecular weight excluding hydrogens is 118 g/mol. The Balaban J connectivity index is 3.25. The SMILES string of the molecule is Bc1cccc(F)c1O. The van der Waals surface area contributed by atoms with E-state index in [0.29, 0.717) is 5.46 Å². The number of rotatable bonds is 0. The lowest BCUT2D eigenvalue weighted by Crippen LogP contribution is -2.02. The molecule has 0 aromatic heterocycles. The third kappa shape index (κ3) is 1.04. The molecule has 46 valence electrons. The average molecular weight is 124 g/mol. The van der Waals surface area contributed by atoms with Crippen LogP contribution in [0.1, 0.15) is 0 Å². The van der Waals surface area contributed by atoms with Crippen LogP contribution in [0, 0.1) is 5.82 Å². The van der Waals surface area contributed by atoms with Crippen molar-refractivity contribution in [2.45, 2.75) is 0 Å². The lowest BCUT2D eigenvalue weighted by atomic mass is 9.95. The van der Waals surface area contributed by atoms with Crippen LogP contribution >= 0.6 is 0 Å². The first-order valence-corrected chi connectivity index (χ1v) is 2.66. The zero-order valence-corrected chi connectivity index (χ0v) is 5.06. The minimum atomic E-state index is -0.560. The fourth-order valence-corrected chi connectivity index (χ4v) is 0.623. The maximum absolute atomic E-state index is 12.3. The van der Waals surface area contributed by atoms with Gasteiger partial charge in [0.2, 0.25) is 0 Å². The van der Waals surface area contributed by atoms with Crippen LogP contribution in [0.15, 0.2) is 18.2 Å². The highest BCUT2D eigenvalue weighted by Gasteiger charge is 1.99. The summed E-state index contributed by atoms with van der Waals surface area (Å²) in [5.41, 5.74) is 0.565. The molecule has 0 saturated heterocycles. The number of para-hydroxylation sites is 1. The zero-order chi connectivity index (χ0) is 6.85. The molecule has 0 fully saturated rings. The van der Waals surface area contributed by atoms with Gasteiger partial charge in [0.15, 0.2) is 5.82 Å². The van der Waals surface area contributed by atoms with Crippen LogP contribution in [0.3, 0.4) is 0 Å². The van der Waals surface area contributed by atoms with Crippen molar-refractivity contribution in [2.75, 3.05) is 0 Å². The Morgan fingerprint density at radius 2 is 2.11 bits per heavy atom. The van der Waals surface area contributed by atoms with E-state index in [1.807, 2.05) is 0 Å². The monoisotopic (exact) mass is 124 g/mol. The summed E-state index contributed by atoms with van der Waals surface area (Å²) in [6.07, 6.45) is 0. The van der Waals surface area contributed by atoms with E-state index in [0.717, 1.165) is 0 Å². The molecule has 1 nitrogen and oxygen atoms in total. The molecule has 0 aliphatic carbocycles. The largest absolute Gasteiger partial charge is 0.505 e. The molecule has 0 spiro atoms. The van der Waals surface area contributed by atoms with Crippen LogP contribution in [0.5, 0.6) is 5.75 Å². The first-order chi connectivity index (χ1) is 4.22. The summed E-state index contributed by atoms with van der Waals surface area (Å²) in [4.78, 5) is 0. The van der Waals surface area contributed by atoms with E-state index in [1.54, 1.807) is 20.0 Å². The van der Waals surface area contributed by atoms with E-state index >= 15 is 0 Å². The van der Waals surface area contributed by atoms with E-state index in [9.17, 15) is 4.39 Å². The van der Waals surface area contributed by atoms with E-state index in [4.69, 9.17) is 5.11 Å². The van der Waals surface area contributed by atoms with Crippen molar-refractivity contribution in [2.24, 2.45) is 0 Å². The van der Waals surface area contributed by atoms with Crippen LogP contribution < -0.4 is 5.46 Å². The Kier molecular flexibility index (Phi) is 1.43. The van der Waals surface area contributed by atoms with Gasteiger partial charge in [-0.1, -0.05) is 12.1 Å². The topological polar surface area (TPSA) is 20.2 Å². The summed E-state index contributed by atoms with van der Waals surface area (Å²) in [6, 6.07) is 4.44. The highest BCUT2D eigenvalue weighted by atomic mass is 19.1. The number of phenols is 1. The van der Waals surface area contributed by atoms with Gasteiger partial charge in [-0.15, -0.1) is 0 Å². The minimum Gasteiger partial charge on any atom is -0.505 e. The molecule has 9 heavy (non-hydrogen) atoms. The Morgan fingerprint density at radius 3 is 2.56 bits per heavy atom. The molecule has 0 aliphatic rings. The smallest absolute Gasteiger partial charge is 0.164 e. The summed E-state index contributed by atoms with van der Waals surface area (Å²) >= 11 is 0. The second-order valence-corrected chi connectivity index (χ2v) is 1.91. The maximum Gasteiger partial charge on any atom is 0.164 e. The molecule has 0 bridgehead atoms. The van der Waals surface area contributed by atoms with E-state index < -0.39 is 5.82 Å². The molecule has 1 aromatic rings. The average Bonchev–Trinajstić information content (AvgIpc) is 1.83. The number of hydrogen-bond acceptors (Lipinski definition) is 1. The molecule has 0 aliphatic heterocycles. The summed E-state index contributed by atoms with van der Waals surface area (Å²) in [5.74, 6) is -0.812. The van der Waals surface area contributed by atoms with Gasteiger partial charge in [-0.05, 0) is 11.5 Å². The molecule has 0 amide bonds. The molecule has 0 heterocycles. The van der Waals surface area contributed by atoms with Gasteiger partial charge >= 0.3 is 0 Å². The number of hydrogen-bond donors (Lipinski definition) is 1. The quantitative estimate of drug-likeness (QED) is 0.474. The predicted octanol–water partition coefficient (Wildman–Crippen LogP) is -0.210. The minimum absolute atomic E-state index is 0.252. The normalized spacial score (nSPS) is 9.44. The van der Waals surface area contributed by atoms with Crippen LogP contribution in [0.25, 0.3) is 0 Å². The molecule has 0 radical (unpaired) electrons. The number of phenolic OH excluding ortho intramolecular Hbond substituents is 1. The molecule has 1 N–H and O–H groups in total. The maximum atomic E-state index is 12.3. The Morgan fingerprint density at radius 1 is 1.44 bits per heavy atom. The van der Waals surface area contributed by atoms with Crippen molar-refractivity contribution in [1.29, 1.82) is 0 Å². The van der Waals surface area contributed by atoms with Gasteiger partial charge in [0.05, 0.1) is 0 Å². The first kappa shape index (κ1) is 6.14. The van der Waals surface area contributed by atoms with Gasteiger partial charge in [-0.3, -0.25) is 0 Å². The third-order valence-corrected chi connectivity index (χ3v) is 1.19. The molecule has 0 unspecified atom stereocenters. The molecule has 0 atom stereocenters. The van der Waals surface area contributed by atoms with Crippen molar-refractivity contribution in [1.82, 2.24) is 0 Å². The van der Waals surface area contributed by atoms with Crippen LogP contribution in [0.2, 0.25) is 0 Å². The fraction of sp³-hybridized carbons (Fsp3) is 0. The van der Waals surface area contributed by atoms with Gasteiger partial charge in [0.1, 0.15) is 13.6 Å². The molecule has 1 rings (SSSR count). The predicted molar refractivity (Wildman–Crippen MR) is 36.2 cm³/mol. The highest BCUT2D eigenvalue weighted by Crippen LogP contribution is 2.08. The van der Waals surface area contributed by atoms with Crippen molar-refractivity contribution in [3.8, 4) is 5.75 Å². The number of benzene rings is 1. The second kappa shape index (κ2) is 2.09. The lowest BCUT2D eigenvalue weighted by molar-refractivity contribution is 0.437. The van der Waals surface area contributed by atoms with Gasteiger partial charge < -0.3 is 5.11 Å². The standard InChI is InChI=1S/C6H6BFO/c7-4-2-1-3-5(8)6(4)9/h1-3,9H,7H2. The summed E-state index contributed by atoms with van der Waals surface area (Å²) in [6.45, 7) is 0. The van der Waals surface area contributed by atoms with Crippen molar-refractivity contribution < 1.29 is 9.50 Å². The van der Waals surface area contributed by atoms with Crippen molar-refractivity contribution >= 4 is 13.3 Å². The van der Waals surface area contributed by atoms with Gasteiger partial charge in [-0.25, -0.2) is 4.39 Å². The molecule has 0 saturated carbocycles. The van der Waals surface area contributed by atoms with Gasteiger partial charge in [-0.2, -0.15) is 0 Å². The van der Waals surface area contributed by atoms with Crippen molar-refractivity contribution in [3.05, 3.63) is 24.0 Å². The third-order valence-electron chi connectivity index (χ3n) is 1.19. The van der Waals surface area contributed by atoms with Crippen LogP contribution in [0.4, 0.5) is 4.39 Å². The Bertz CT molecular complexity index is 204. The highest BCUT2D eigenvalue weighted by molar-refractivity contribution is 6.34. The first-order valence-electron chi connectivity index (χ1n) is 2.66. The van der Waals surface area contributed by atoms with Gasteiger partial charge in [0.25, 0.3) is 0 Å².